The number of carbonyl (C=O) groups excluding carboxylic acids is 1. The maximum absolute atomic E-state index is 12.4. The van der Waals surface area contributed by atoms with E-state index in [1.54, 1.807) is 30.6 Å². The molecule has 0 aliphatic carbocycles. The molecule has 8 heteroatoms. The molecular formula is C20H21ClN2O4S. The molecule has 0 saturated heterocycles. The van der Waals surface area contributed by atoms with E-state index in [2.05, 4.69) is 10.3 Å². The summed E-state index contributed by atoms with van der Waals surface area (Å²) in [4.78, 5) is 17.7. The Morgan fingerprint density at radius 2 is 2.21 bits per heavy atom. The third-order valence-corrected chi connectivity index (χ3v) is 5.16. The number of amides is 1. The molecule has 1 amide bonds. The van der Waals surface area contributed by atoms with Crippen LogP contribution in [0.4, 0.5) is 0 Å². The quantitative estimate of drug-likeness (QED) is 0.575. The highest BCUT2D eigenvalue weighted by Gasteiger charge is 2.16. The van der Waals surface area contributed by atoms with Crippen LogP contribution >= 0.6 is 22.9 Å². The van der Waals surface area contributed by atoms with E-state index in [-0.39, 0.29) is 12.3 Å². The van der Waals surface area contributed by atoms with E-state index in [4.69, 9.17) is 25.5 Å². The molecule has 0 unspecified atom stereocenters. The molecule has 0 atom stereocenters. The Bertz CT molecular complexity index is 954. The van der Waals surface area contributed by atoms with Crippen molar-refractivity contribution in [2.45, 2.75) is 26.8 Å². The first-order chi connectivity index (χ1) is 13.5. The van der Waals surface area contributed by atoms with Gasteiger partial charge in [0.2, 0.25) is 11.8 Å². The number of hydrogen-bond acceptors (Lipinski definition) is 6. The van der Waals surface area contributed by atoms with Gasteiger partial charge in [0.1, 0.15) is 5.76 Å². The molecule has 0 aliphatic heterocycles. The Kier molecular flexibility index (Phi) is 6.59. The molecule has 0 aliphatic rings. The lowest BCUT2D eigenvalue weighted by molar-refractivity contribution is -0.120. The number of oxazole rings is 1. The molecule has 3 aromatic rings. The number of hydrogen-bond donors (Lipinski definition) is 1. The molecule has 2 heterocycles. The van der Waals surface area contributed by atoms with Gasteiger partial charge in [0.15, 0.2) is 11.5 Å². The summed E-state index contributed by atoms with van der Waals surface area (Å²) in [5.41, 5.74) is 1.44. The van der Waals surface area contributed by atoms with Crippen molar-refractivity contribution in [3.63, 3.8) is 0 Å². The molecule has 1 aromatic carbocycles. The fourth-order valence-corrected chi connectivity index (χ4v) is 3.61. The number of nitrogens with zero attached hydrogens (tertiary/aromatic N) is 1. The highest BCUT2D eigenvalue weighted by molar-refractivity contribution is 7.13. The van der Waals surface area contributed by atoms with Crippen molar-refractivity contribution in [1.29, 1.82) is 0 Å². The van der Waals surface area contributed by atoms with Gasteiger partial charge in [-0.15, -0.1) is 11.3 Å². The first-order valence-electron chi connectivity index (χ1n) is 8.77. The van der Waals surface area contributed by atoms with Crippen molar-refractivity contribution in [1.82, 2.24) is 10.3 Å². The molecular weight excluding hydrogens is 400 g/mol. The zero-order valence-electron chi connectivity index (χ0n) is 15.9. The van der Waals surface area contributed by atoms with Crippen molar-refractivity contribution in [3.05, 3.63) is 51.7 Å². The van der Waals surface area contributed by atoms with Crippen LogP contribution in [-0.4, -0.2) is 24.6 Å². The minimum atomic E-state index is -0.155. The third-order valence-electron chi connectivity index (χ3n) is 4.02. The number of aromatic nitrogens is 1. The van der Waals surface area contributed by atoms with Gasteiger partial charge in [-0.05, 0) is 43.0 Å². The van der Waals surface area contributed by atoms with Crippen LogP contribution in [0.3, 0.4) is 0 Å². The maximum atomic E-state index is 12.4. The van der Waals surface area contributed by atoms with Gasteiger partial charge < -0.3 is 19.2 Å². The normalized spacial score (nSPS) is 10.7. The minimum Gasteiger partial charge on any atom is -0.493 e. The van der Waals surface area contributed by atoms with Gasteiger partial charge in [-0.2, -0.15) is 0 Å². The van der Waals surface area contributed by atoms with Crippen molar-refractivity contribution in [3.8, 4) is 22.3 Å². The molecule has 0 saturated carbocycles. The average molecular weight is 421 g/mol. The molecule has 0 spiro atoms. The van der Waals surface area contributed by atoms with Gasteiger partial charge in [0.05, 0.1) is 35.7 Å². The predicted molar refractivity (Wildman–Crippen MR) is 109 cm³/mol. The largest absolute Gasteiger partial charge is 0.493 e. The number of carbonyl (C=O) groups is 1. The fourth-order valence-electron chi connectivity index (χ4n) is 2.67. The van der Waals surface area contributed by atoms with Crippen LogP contribution in [0.5, 0.6) is 11.5 Å². The summed E-state index contributed by atoms with van der Waals surface area (Å²) < 4.78 is 16.5. The fraction of sp³-hybridized carbons (Fsp3) is 0.300. The van der Waals surface area contributed by atoms with E-state index < -0.39 is 0 Å². The molecule has 0 fully saturated rings. The number of aryl methyl sites for hydroxylation is 1. The van der Waals surface area contributed by atoms with Crippen LogP contribution in [0.2, 0.25) is 5.02 Å². The first-order valence-corrected chi connectivity index (χ1v) is 10.0. The SMILES string of the molecule is CCOc1c(Cl)cc(CNC(=O)Cc2nc(-c3cccs3)oc2C)cc1OC. The Morgan fingerprint density at radius 3 is 2.89 bits per heavy atom. The highest BCUT2D eigenvalue weighted by atomic mass is 35.5. The summed E-state index contributed by atoms with van der Waals surface area (Å²) in [6.07, 6.45) is 0.141. The standard InChI is InChI=1S/C20H21ClN2O4S/c1-4-26-19-14(21)8-13(9-16(19)25-3)11-22-18(24)10-15-12(2)27-20(23-15)17-6-5-7-28-17/h5-9H,4,10-11H2,1-3H3,(H,22,24). The topological polar surface area (TPSA) is 73.6 Å². The van der Waals surface area contributed by atoms with Gasteiger partial charge in [0, 0.05) is 6.54 Å². The van der Waals surface area contributed by atoms with E-state index in [9.17, 15) is 4.79 Å². The average Bonchev–Trinajstić information content (AvgIpc) is 3.32. The number of ether oxygens (including phenoxy) is 2. The van der Waals surface area contributed by atoms with E-state index in [1.807, 2.05) is 31.4 Å². The van der Waals surface area contributed by atoms with Crippen LogP contribution in [0, 0.1) is 6.92 Å². The number of methoxy groups -OCH3 is 1. The van der Waals surface area contributed by atoms with Crippen molar-refractivity contribution < 1.29 is 18.7 Å². The van der Waals surface area contributed by atoms with Gasteiger partial charge in [0.25, 0.3) is 0 Å². The van der Waals surface area contributed by atoms with E-state index in [0.717, 1.165) is 10.4 Å². The Labute approximate surface area is 172 Å². The van der Waals surface area contributed by atoms with Crippen molar-refractivity contribution in [2.75, 3.05) is 13.7 Å². The number of benzene rings is 1. The Hall–Kier alpha value is -2.51. The maximum Gasteiger partial charge on any atom is 0.236 e. The predicted octanol–water partition coefficient (Wildman–Crippen LogP) is 4.63. The summed E-state index contributed by atoms with van der Waals surface area (Å²) >= 11 is 7.81. The molecule has 0 bridgehead atoms. The lowest BCUT2D eigenvalue weighted by Gasteiger charge is -2.13. The first kappa shape index (κ1) is 20.2. The summed E-state index contributed by atoms with van der Waals surface area (Å²) in [6.45, 7) is 4.48. The number of thiophene rings is 1. The van der Waals surface area contributed by atoms with Gasteiger partial charge in [-0.25, -0.2) is 4.98 Å². The molecule has 2 aromatic heterocycles. The van der Waals surface area contributed by atoms with Crippen LogP contribution in [0.15, 0.2) is 34.1 Å². The highest BCUT2D eigenvalue weighted by Crippen LogP contribution is 2.36. The Morgan fingerprint density at radius 1 is 1.39 bits per heavy atom. The second-order valence-corrected chi connectivity index (χ2v) is 7.35. The molecule has 1 N–H and O–H groups in total. The second kappa shape index (κ2) is 9.12. The van der Waals surface area contributed by atoms with Crippen LogP contribution in [0.25, 0.3) is 10.8 Å². The van der Waals surface area contributed by atoms with Crippen molar-refractivity contribution >= 4 is 28.8 Å². The molecule has 148 valence electrons. The summed E-state index contributed by atoms with van der Waals surface area (Å²) in [7, 11) is 1.55. The zero-order valence-corrected chi connectivity index (χ0v) is 17.4. The number of nitrogens with one attached hydrogen (secondary N) is 1. The van der Waals surface area contributed by atoms with E-state index in [1.165, 1.54) is 0 Å². The minimum absolute atomic E-state index is 0.141. The molecule has 3 rings (SSSR count). The van der Waals surface area contributed by atoms with Gasteiger partial charge in [-0.3, -0.25) is 4.79 Å². The van der Waals surface area contributed by atoms with Crippen LogP contribution in [-0.2, 0) is 17.8 Å². The molecule has 6 nitrogen and oxygen atoms in total. The number of halogens is 1. The Balaban J connectivity index is 1.64. The monoisotopic (exact) mass is 420 g/mol. The number of rotatable bonds is 8. The van der Waals surface area contributed by atoms with Crippen molar-refractivity contribution in [2.24, 2.45) is 0 Å². The van der Waals surface area contributed by atoms with Gasteiger partial charge in [-0.1, -0.05) is 17.7 Å². The van der Waals surface area contributed by atoms with E-state index >= 15 is 0 Å². The zero-order chi connectivity index (χ0) is 20.1. The van der Waals surface area contributed by atoms with Crippen LogP contribution in [0.1, 0.15) is 23.9 Å². The summed E-state index contributed by atoms with van der Waals surface area (Å²) in [5, 5.41) is 5.27. The van der Waals surface area contributed by atoms with Gasteiger partial charge >= 0.3 is 0 Å². The van der Waals surface area contributed by atoms with E-state index in [0.29, 0.717) is 47.0 Å². The lowest BCUT2D eigenvalue weighted by Crippen LogP contribution is -2.25. The molecule has 0 radical (unpaired) electrons. The summed E-state index contributed by atoms with van der Waals surface area (Å²) in [6, 6.07) is 7.42. The molecule has 28 heavy (non-hydrogen) atoms. The van der Waals surface area contributed by atoms with Crippen LogP contribution < -0.4 is 14.8 Å². The summed E-state index contributed by atoms with van der Waals surface area (Å²) in [5.74, 6) is 2.06. The smallest absolute Gasteiger partial charge is 0.236 e. The lowest BCUT2D eigenvalue weighted by atomic mass is 10.2. The second-order valence-electron chi connectivity index (χ2n) is 5.99. The third kappa shape index (κ3) is 4.66.